The predicted molar refractivity (Wildman–Crippen MR) is 102 cm³/mol. The van der Waals surface area contributed by atoms with E-state index in [-0.39, 0.29) is 18.5 Å². The molecule has 0 fully saturated rings. The number of hydrogen-bond donors (Lipinski definition) is 2. The van der Waals surface area contributed by atoms with E-state index in [1.165, 1.54) is 23.5 Å². The number of imidazole rings is 1. The number of benzene rings is 1. The molecule has 0 spiro atoms. The minimum atomic E-state index is -0.263. The number of rotatable bonds is 5. The molecule has 3 aromatic heterocycles. The highest BCUT2D eigenvalue weighted by molar-refractivity contribution is 7.18. The zero-order valence-corrected chi connectivity index (χ0v) is 14.9. The number of nitrogens with one attached hydrogen (secondary N) is 1. The summed E-state index contributed by atoms with van der Waals surface area (Å²) in [6.45, 7) is 1.94. The molecule has 1 atom stereocenters. The van der Waals surface area contributed by atoms with Crippen LogP contribution in [0.4, 0.5) is 9.52 Å². The summed E-state index contributed by atoms with van der Waals surface area (Å²) in [7, 11) is 0. The highest BCUT2D eigenvalue weighted by atomic mass is 32.1. The van der Waals surface area contributed by atoms with Crippen molar-refractivity contribution >= 4 is 22.1 Å². The number of aliphatic hydroxyl groups is 1. The van der Waals surface area contributed by atoms with Crippen LogP contribution in [0.1, 0.15) is 6.92 Å². The lowest BCUT2D eigenvalue weighted by molar-refractivity contribution is 0.281. The van der Waals surface area contributed by atoms with Crippen LogP contribution in [0, 0.1) is 5.82 Å². The summed E-state index contributed by atoms with van der Waals surface area (Å²) >= 11 is 1.52. The lowest BCUT2D eigenvalue weighted by Gasteiger charge is -2.09. The monoisotopic (exact) mass is 368 g/mol. The Bertz CT molecular complexity index is 1040. The first kappa shape index (κ1) is 16.7. The maximum Gasteiger partial charge on any atom is 0.183 e. The fourth-order valence-corrected chi connectivity index (χ4v) is 3.65. The van der Waals surface area contributed by atoms with Gasteiger partial charge in [-0.2, -0.15) is 0 Å². The number of thiazole rings is 1. The summed E-state index contributed by atoms with van der Waals surface area (Å²) in [6, 6.07) is 8.40. The number of halogens is 1. The molecule has 26 heavy (non-hydrogen) atoms. The molecule has 0 aliphatic heterocycles. The van der Waals surface area contributed by atoms with E-state index in [4.69, 9.17) is 0 Å². The van der Waals surface area contributed by atoms with Crippen molar-refractivity contribution in [2.24, 2.45) is 0 Å². The lowest BCUT2D eigenvalue weighted by Crippen LogP contribution is -2.18. The van der Waals surface area contributed by atoms with Gasteiger partial charge in [0.1, 0.15) is 11.5 Å². The number of aromatic nitrogens is 3. The molecule has 0 aliphatic carbocycles. The maximum absolute atomic E-state index is 13.3. The molecule has 0 amide bonds. The van der Waals surface area contributed by atoms with Crippen LogP contribution in [0.5, 0.6) is 0 Å². The second kappa shape index (κ2) is 6.86. The van der Waals surface area contributed by atoms with E-state index >= 15 is 0 Å². The van der Waals surface area contributed by atoms with E-state index in [9.17, 15) is 9.50 Å². The van der Waals surface area contributed by atoms with Crippen LogP contribution in [0.3, 0.4) is 0 Å². The normalized spacial score (nSPS) is 12.4. The second-order valence-electron chi connectivity index (χ2n) is 6.07. The SMILES string of the molecule is CC(CO)Nc1ncc(-c2cc(-c3ccc(F)cc3)c3nccn3c2)s1. The Morgan fingerprint density at radius 1 is 1.23 bits per heavy atom. The third-order valence-corrected chi connectivity index (χ3v) is 5.05. The smallest absolute Gasteiger partial charge is 0.183 e. The van der Waals surface area contributed by atoms with Gasteiger partial charge < -0.3 is 14.8 Å². The van der Waals surface area contributed by atoms with Crippen LogP contribution < -0.4 is 5.32 Å². The Morgan fingerprint density at radius 3 is 2.81 bits per heavy atom. The fourth-order valence-electron chi connectivity index (χ4n) is 2.74. The van der Waals surface area contributed by atoms with Gasteiger partial charge >= 0.3 is 0 Å². The molecule has 4 aromatic rings. The third-order valence-electron chi connectivity index (χ3n) is 4.08. The molecule has 0 aliphatic rings. The minimum absolute atomic E-state index is 0.0463. The molecule has 2 N–H and O–H groups in total. The number of hydrogen-bond acceptors (Lipinski definition) is 5. The summed E-state index contributed by atoms with van der Waals surface area (Å²) < 4.78 is 15.2. The van der Waals surface area contributed by atoms with Crippen molar-refractivity contribution in [2.45, 2.75) is 13.0 Å². The molecule has 3 heterocycles. The Balaban J connectivity index is 1.78. The van der Waals surface area contributed by atoms with Gasteiger partial charge in [-0.1, -0.05) is 23.5 Å². The maximum atomic E-state index is 13.3. The molecular formula is C19H17FN4OS. The highest BCUT2D eigenvalue weighted by Crippen LogP contribution is 2.34. The van der Waals surface area contributed by atoms with Crippen molar-refractivity contribution in [3.8, 4) is 21.6 Å². The largest absolute Gasteiger partial charge is 0.394 e. The van der Waals surface area contributed by atoms with Crippen LogP contribution in [-0.4, -0.2) is 32.1 Å². The number of fused-ring (bicyclic) bond motifs is 1. The molecule has 1 unspecified atom stereocenters. The summed E-state index contributed by atoms with van der Waals surface area (Å²) in [5, 5.41) is 13.1. The van der Waals surface area contributed by atoms with E-state index in [2.05, 4.69) is 15.3 Å². The van der Waals surface area contributed by atoms with Crippen molar-refractivity contribution in [2.75, 3.05) is 11.9 Å². The van der Waals surface area contributed by atoms with Crippen molar-refractivity contribution in [1.29, 1.82) is 0 Å². The van der Waals surface area contributed by atoms with Gasteiger partial charge in [0.25, 0.3) is 0 Å². The van der Waals surface area contributed by atoms with Crippen LogP contribution in [0.15, 0.2) is 55.1 Å². The zero-order valence-electron chi connectivity index (χ0n) is 14.1. The molecule has 0 saturated carbocycles. The Labute approximate surface area is 153 Å². The van der Waals surface area contributed by atoms with Gasteiger partial charge in [0.2, 0.25) is 0 Å². The Kier molecular flexibility index (Phi) is 4.40. The summed E-state index contributed by atoms with van der Waals surface area (Å²) in [6.07, 6.45) is 7.44. The molecule has 132 valence electrons. The average Bonchev–Trinajstić information content (AvgIpc) is 3.30. The topological polar surface area (TPSA) is 62.5 Å². The van der Waals surface area contributed by atoms with E-state index in [1.807, 2.05) is 36.0 Å². The first-order valence-electron chi connectivity index (χ1n) is 8.20. The van der Waals surface area contributed by atoms with Crippen LogP contribution in [-0.2, 0) is 0 Å². The molecule has 4 rings (SSSR count). The molecular weight excluding hydrogens is 351 g/mol. The standard InChI is InChI=1S/C19H17FN4OS/c1-12(11-25)23-19-22-9-17(26-19)14-8-16(13-2-4-15(20)5-3-13)18-21-6-7-24(18)10-14/h2-10,12,25H,11H2,1H3,(H,22,23). The van der Waals surface area contributed by atoms with E-state index in [0.29, 0.717) is 0 Å². The van der Waals surface area contributed by atoms with Gasteiger partial charge in [-0.05, 0) is 30.7 Å². The summed E-state index contributed by atoms with van der Waals surface area (Å²) in [4.78, 5) is 9.81. The van der Waals surface area contributed by atoms with Gasteiger partial charge in [-0.3, -0.25) is 0 Å². The number of anilines is 1. The first-order chi connectivity index (χ1) is 12.6. The van der Waals surface area contributed by atoms with E-state index < -0.39 is 0 Å². The molecule has 5 nitrogen and oxygen atoms in total. The van der Waals surface area contributed by atoms with Crippen molar-refractivity contribution in [1.82, 2.24) is 14.4 Å². The van der Waals surface area contributed by atoms with Gasteiger partial charge in [-0.15, -0.1) is 0 Å². The minimum Gasteiger partial charge on any atom is -0.394 e. The molecule has 1 aromatic carbocycles. The quantitative estimate of drug-likeness (QED) is 0.558. The van der Waals surface area contributed by atoms with Gasteiger partial charge in [0.15, 0.2) is 5.13 Å². The Morgan fingerprint density at radius 2 is 2.04 bits per heavy atom. The number of pyridine rings is 1. The lowest BCUT2D eigenvalue weighted by atomic mass is 10.0. The van der Waals surface area contributed by atoms with Crippen molar-refractivity contribution in [3.05, 3.63) is 60.9 Å². The molecule has 0 bridgehead atoms. The van der Waals surface area contributed by atoms with Crippen molar-refractivity contribution in [3.63, 3.8) is 0 Å². The highest BCUT2D eigenvalue weighted by Gasteiger charge is 2.12. The Hall–Kier alpha value is -2.77. The van der Waals surface area contributed by atoms with Crippen LogP contribution >= 0.6 is 11.3 Å². The summed E-state index contributed by atoms with van der Waals surface area (Å²) in [5.41, 5.74) is 3.65. The van der Waals surface area contributed by atoms with Crippen molar-refractivity contribution < 1.29 is 9.50 Å². The van der Waals surface area contributed by atoms with Crippen LogP contribution in [0.2, 0.25) is 0 Å². The third kappa shape index (κ3) is 3.18. The van der Waals surface area contributed by atoms with Gasteiger partial charge in [0.05, 0.1) is 11.5 Å². The number of nitrogens with zero attached hydrogens (tertiary/aromatic N) is 3. The fraction of sp³-hybridized carbons (Fsp3) is 0.158. The molecule has 7 heteroatoms. The second-order valence-corrected chi connectivity index (χ2v) is 7.10. The van der Waals surface area contributed by atoms with Gasteiger partial charge in [0, 0.05) is 42.0 Å². The zero-order chi connectivity index (χ0) is 18.1. The summed E-state index contributed by atoms with van der Waals surface area (Å²) in [5.74, 6) is -0.263. The van der Waals surface area contributed by atoms with Gasteiger partial charge in [-0.25, -0.2) is 14.4 Å². The average molecular weight is 368 g/mol. The van der Waals surface area contributed by atoms with E-state index in [1.54, 1.807) is 18.3 Å². The first-order valence-corrected chi connectivity index (χ1v) is 9.02. The molecule has 0 saturated heterocycles. The predicted octanol–water partition coefficient (Wildman–Crippen LogP) is 4.06. The van der Waals surface area contributed by atoms with E-state index in [0.717, 1.165) is 32.3 Å². The number of aliphatic hydroxyl groups excluding tert-OH is 1. The molecule has 0 radical (unpaired) electrons. The van der Waals surface area contributed by atoms with Crippen LogP contribution in [0.25, 0.3) is 27.2 Å².